The zero-order valence-electron chi connectivity index (χ0n) is 16.2. The number of carbonyl (C=O) groups excluding carboxylic acids is 2. The van der Waals surface area contributed by atoms with Gasteiger partial charge in [0, 0.05) is 13.0 Å². The first-order valence-electron chi connectivity index (χ1n) is 9.32. The maximum atomic E-state index is 13.2. The van der Waals surface area contributed by atoms with Gasteiger partial charge in [-0.05, 0) is 36.4 Å². The van der Waals surface area contributed by atoms with E-state index in [9.17, 15) is 18.8 Å². The Morgan fingerprint density at radius 3 is 2.58 bits per heavy atom. The number of aromatic nitrogens is 4. The van der Waals surface area contributed by atoms with E-state index in [2.05, 4.69) is 15.4 Å². The lowest BCUT2D eigenvalue weighted by Gasteiger charge is -2.09. The van der Waals surface area contributed by atoms with Gasteiger partial charge in [-0.2, -0.15) is 5.10 Å². The quantitative estimate of drug-likeness (QED) is 0.492. The van der Waals surface area contributed by atoms with Crippen LogP contribution in [-0.2, 0) is 11.3 Å². The zero-order chi connectivity index (χ0) is 22.0. The Labute approximate surface area is 174 Å². The minimum atomic E-state index is -0.653. The van der Waals surface area contributed by atoms with Gasteiger partial charge in [0.1, 0.15) is 11.2 Å². The molecular weight excluding hydrogens is 403 g/mol. The number of carbonyl (C=O) groups is 2. The smallest absolute Gasteiger partial charge is 0.264 e. The van der Waals surface area contributed by atoms with Gasteiger partial charge in [0.25, 0.3) is 11.5 Å². The first-order valence-corrected chi connectivity index (χ1v) is 9.32. The molecule has 156 valence electrons. The highest BCUT2D eigenvalue weighted by Gasteiger charge is 2.14. The standard InChI is InChI=1S/C21H17FN6O3/c22-13-5-7-14(8-6-13)28-20-16(11-25-28)21(31)27(12-24-20)10-9-18(29)26-17-4-2-1-3-15(17)19(23)30/h1-8,11-12H,9-10H2,(H2,23,30)(H,26,29). The normalized spacial score (nSPS) is 10.9. The molecule has 2 amide bonds. The lowest BCUT2D eigenvalue weighted by molar-refractivity contribution is -0.116. The molecule has 4 rings (SSSR count). The predicted octanol–water partition coefficient (Wildman–Crippen LogP) is 1.85. The molecule has 4 aromatic rings. The number of aryl methyl sites for hydroxylation is 1. The van der Waals surface area contributed by atoms with Gasteiger partial charge in [0.05, 0.1) is 29.5 Å². The van der Waals surface area contributed by atoms with Crippen LogP contribution in [0, 0.1) is 5.82 Å². The van der Waals surface area contributed by atoms with E-state index >= 15 is 0 Å². The number of rotatable bonds is 6. The van der Waals surface area contributed by atoms with Gasteiger partial charge >= 0.3 is 0 Å². The first-order chi connectivity index (χ1) is 14.9. The van der Waals surface area contributed by atoms with Crippen LogP contribution >= 0.6 is 0 Å². The highest BCUT2D eigenvalue weighted by Crippen LogP contribution is 2.16. The van der Waals surface area contributed by atoms with E-state index in [4.69, 9.17) is 5.73 Å². The van der Waals surface area contributed by atoms with Crippen molar-refractivity contribution in [2.45, 2.75) is 13.0 Å². The van der Waals surface area contributed by atoms with Crippen molar-refractivity contribution >= 4 is 28.5 Å². The number of fused-ring (bicyclic) bond motifs is 1. The molecule has 0 atom stereocenters. The highest BCUT2D eigenvalue weighted by atomic mass is 19.1. The number of amides is 2. The Morgan fingerprint density at radius 2 is 1.84 bits per heavy atom. The third kappa shape index (κ3) is 4.04. The second kappa shape index (κ2) is 8.19. The largest absolute Gasteiger partial charge is 0.366 e. The number of anilines is 1. The SMILES string of the molecule is NC(=O)c1ccccc1NC(=O)CCn1cnc2c(cnn2-c2ccc(F)cc2)c1=O. The van der Waals surface area contributed by atoms with E-state index in [1.807, 2.05) is 0 Å². The maximum absolute atomic E-state index is 13.2. The minimum absolute atomic E-state index is 0.0215. The van der Waals surface area contributed by atoms with Gasteiger partial charge < -0.3 is 11.1 Å². The Balaban J connectivity index is 1.51. The molecule has 2 aromatic carbocycles. The van der Waals surface area contributed by atoms with Gasteiger partial charge in [0.15, 0.2) is 5.65 Å². The minimum Gasteiger partial charge on any atom is -0.366 e. The summed E-state index contributed by atoms with van der Waals surface area (Å²) in [5, 5.41) is 7.07. The number of nitrogens with zero attached hydrogens (tertiary/aromatic N) is 4. The number of hydrogen-bond acceptors (Lipinski definition) is 5. The molecule has 0 aliphatic rings. The molecule has 0 saturated heterocycles. The van der Waals surface area contributed by atoms with Crippen LogP contribution < -0.4 is 16.6 Å². The van der Waals surface area contributed by atoms with Crippen molar-refractivity contribution in [2.24, 2.45) is 5.73 Å². The predicted molar refractivity (Wildman–Crippen MR) is 111 cm³/mol. The van der Waals surface area contributed by atoms with Crippen LogP contribution in [-0.4, -0.2) is 31.1 Å². The maximum Gasteiger partial charge on any atom is 0.264 e. The van der Waals surface area contributed by atoms with Crippen molar-refractivity contribution in [1.82, 2.24) is 19.3 Å². The average Bonchev–Trinajstić information content (AvgIpc) is 3.19. The topological polar surface area (TPSA) is 125 Å². The summed E-state index contributed by atoms with van der Waals surface area (Å²) in [5.74, 6) is -1.42. The molecule has 10 heteroatoms. The highest BCUT2D eigenvalue weighted by molar-refractivity contribution is 6.02. The molecular formula is C21H17FN6O3. The molecule has 0 unspecified atom stereocenters. The fourth-order valence-corrected chi connectivity index (χ4v) is 3.12. The number of nitrogens with one attached hydrogen (secondary N) is 1. The van der Waals surface area contributed by atoms with Crippen LogP contribution in [0.15, 0.2) is 65.8 Å². The van der Waals surface area contributed by atoms with E-state index in [0.717, 1.165) is 0 Å². The molecule has 2 aromatic heterocycles. The van der Waals surface area contributed by atoms with Crippen LogP contribution in [0.4, 0.5) is 10.1 Å². The lowest BCUT2D eigenvalue weighted by atomic mass is 10.1. The summed E-state index contributed by atoms with van der Waals surface area (Å²) >= 11 is 0. The van der Waals surface area contributed by atoms with Gasteiger partial charge in [-0.25, -0.2) is 14.1 Å². The molecule has 9 nitrogen and oxygen atoms in total. The van der Waals surface area contributed by atoms with Crippen molar-refractivity contribution in [1.29, 1.82) is 0 Å². The molecule has 31 heavy (non-hydrogen) atoms. The fraction of sp³-hybridized carbons (Fsp3) is 0.0952. The Bertz CT molecular complexity index is 1340. The first kappa shape index (κ1) is 20.0. The van der Waals surface area contributed by atoms with E-state index in [1.54, 1.807) is 18.2 Å². The molecule has 2 heterocycles. The molecule has 0 radical (unpaired) electrons. The molecule has 0 aliphatic heterocycles. The van der Waals surface area contributed by atoms with E-state index < -0.39 is 5.91 Å². The van der Waals surface area contributed by atoms with Crippen LogP contribution in [0.25, 0.3) is 16.7 Å². The summed E-state index contributed by atoms with van der Waals surface area (Å²) in [6, 6.07) is 12.0. The summed E-state index contributed by atoms with van der Waals surface area (Å²) in [6.07, 6.45) is 2.69. The number of nitrogens with two attached hydrogens (primary N) is 1. The van der Waals surface area contributed by atoms with Gasteiger partial charge in [-0.1, -0.05) is 12.1 Å². The van der Waals surface area contributed by atoms with Crippen LogP contribution in [0.3, 0.4) is 0 Å². The lowest BCUT2D eigenvalue weighted by Crippen LogP contribution is -2.24. The number of halogens is 1. The van der Waals surface area contributed by atoms with Crippen LogP contribution in [0.2, 0.25) is 0 Å². The van der Waals surface area contributed by atoms with Crippen molar-refractivity contribution in [3.63, 3.8) is 0 Å². The number of primary amides is 1. The summed E-state index contributed by atoms with van der Waals surface area (Å²) in [4.78, 5) is 40.8. The molecule has 0 saturated carbocycles. The van der Waals surface area contributed by atoms with E-state index in [-0.39, 0.29) is 41.2 Å². The van der Waals surface area contributed by atoms with Gasteiger partial charge in [-0.15, -0.1) is 0 Å². The van der Waals surface area contributed by atoms with Crippen LogP contribution in [0.5, 0.6) is 0 Å². The number of para-hydroxylation sites is 1. The Kier molecular flexibility index (Phi) is 5.27. The summed E-state index contributed by atoms with van der Waals surface area (Å²) in [7, 11) is 0. The molecule has 0 aliphatic carbocycles. The molecule has 3 N–H and O–H groups in total. The van der Waals surface area contributed by atoms with Crippen molar-refractivity contribution in [2.75, 3.05) is 5.32 Å². The van der Waals surface area contributed by atoms with Crippen molar-refractivity contribution in [3.8, 4) is 5.69 Å². The zero-order valence-corrected chi connectivity index (χ0v) is 16.2. The second-order valence-electron chi connectivity index (χ2n) is 6.72. The monoisotopic (exact) mass is 420 g/mol. The Hall–Kier alpha value is -4.34. The van der Waals surface area contributed by atoms with Crippen LogP contribution in [0.1, 0.15) is 16.8 Å². The average molecular weight is 420 g/mol. The Morgan fingerprint density at radius 1 is 1.10 bits per heavy atom. The third-order valence-corrected chi connectivity index (χ3v) is 4.67. The third-order valence-electron chi connectivity index (χ3n) is 4.67. The number of benzene rings is 2. The molecule has 0 fully saturated rings. The second-order valence-corrected chi connectivity index (χ2v) is 6.72. The molecule has 0 spiro atoms. The van der Waals surface area contributed by atoms with Crippen molar-refractivity contribution < 1.29 is 14.0 Å². The summed E-state index contributed by atoms with van der Waals surface area (Å²) in [6.45, 7) is 0.0775. The van der Waals surface area contributed by atoms with Gasteiger partial charge in [-0.3, -0.25) is 19.0 Å². The van der Waals surface area contributed by atoms with E-state index in [0.29, 0.717) is 17.0 Å². The summed E-state index contributed by atoms with van der Waals surface area (Å²) < 4.78 is 15.9. The molecule has 0 bridgehead atoms. The van der Waals surface area contributed by atoms with Gasteiger partial charge in [0.2, 0.25) is 5.91 Å². The van der Waals surface area contributed by atoms with E-state index in [1.165, 1.54) is 52.1 Å². The summed E-state index contributed by atoms with van der Waals surface area (Å²) in [5.41, 5.74) is 6.35. The van der Waals surface area contributed by atoms with Crippen molar-refractivity contribution in [3.05, 3.63) is 82.8 Å². The number of hydrogen-bond donors (Lipinski definition) is 2. The fourth-order valence-electron chi connectivity index (χ4n) is 3.12.